The van der Waals surface area contributed by atoms with Crippen LogP contribution in [0, 0.1) is 0 Å². The summed E-state index contributed by atoms with van der Waals surface area (Å²) in [6.45, 7) is 1.52. The van der Waals surface area contributed by atoms with Crippen LogP contribution in [0.15, 0.2) is 18.5 Å². The molecule has 2 rings (SSSR count). The smallest absolute Gasteiger partial charge is 0.0824 e. The van der Waals surface area contributed by atoms with Gasteiger partial charge in [0.25, 0.3) is 0 Å². The number of pyridine rings is 1. The van der Waals surface area contributed by atoms with Crippen molar-refractivity contribution in [3.8, 4) is 0 Å². The number of aliphatic hydroxyl groups is 1. The van der Waals surface area contributed by atoms with Gasteiger partial charge in [-0.15, -0.1) is 0 Å². The minimum atomic E-state index is -0.634. The zero-order valence-corrected chi connectivity index (χ0v) is 8.59. The molecule has 1 fully saturated rings. The van der Waals surface area contributed by atoms with Crippen LogP contribution in [-0.2, 0) is 6.42 Å². The molecule has 0 spiro atoms. The second-order valence-corrected chi connectivity index (χ2v) is 4.20. The van der Waals surface area contributed by atoms with Crippen molar-refractivity contribution in [1.29, 1.82) is 0 Å². The summed E-state index contributed by atoms with van der Waals surface area (Å²) in [5.74, 6) is 0. The van der Waals surface area contributed by atoms with Crippen molar-refractivity contribution in [1.82, 2.24) is 10.3 Å². The van der Waals surface area contributed by atoms with Crippen LogP contribution >= 0.6 is 11.6 Å². The van der Waals surface area contributed by atoms with Crippen LogP contribution < -0.4 is 5.32 Å². The maximum absolute atomic E-state index is 10.1. The monoisotopic (exact) mass is 212 g/mol. The van der Waals surface area contributed by atoms with Gasteiger partial charge in [-0.3, -0.25) is 4.98 Å². The molecule has 3 nitrogen and oxygen atoms in total. The van der Waals surface area contributed by atoms with Gasteiger partial charge in [0.1, 0.15) is 0 Å². The second-order valence-electron chi connectivity index (χ2n) is 3.79. The van der Waals surface area contributed by atoms with Gasteiger partial charge in [-0.05, 0) is 24.6 Å². The minimum Gasteiger partial charge on any atom is -0.388 e. The maximum atomic E-state index is 10.1. The van der Waals surface area contributed by atoms with Crippen molar-refractivity contribution < 1.29 is 5.11 Å². The zero-order valence-electron chi connectivity index (χ0n) is 7.83. The lowest BCUT2D eigenvalue weighted by Gasteiger charge is -2.21. The summed E-state index contributed by atoms with van der Waals surface area (Å²) in [5, 5.41) is 13.9. The Labute approximate surface area is 88.1 Å². The number of nitrogens with one attached hydrogen (secondary N) is 1. The maximum Gasteiger partial charge on any atom is 0.0824 e. The Bertz CT molecular complexity index is 324. The standard InChI is InChI=1S/C10H13ClN2O/c11-9-6-12-3-1-8(9)5-10(14)2-4-13-7-10/h1,3,6,13-14H,2,4-5,7H2. The van der Waals surface area contributed by atoms with E-state index in [1.165, 1.54) is 0 Å². The van der Waals surface area contributed by atoms with E-state index >= 15 is 0 Å². The fourth-order valence-corrected chi connectivity index (χ4v) is 1.97. The van der Waals surface area contributed by atoms with Crippen LogP contribution in [0.1, 0.15) is 12.0 Å². The van der Waals surface area contributed by atoms with Crippen LogP contribution in [0.4, 0.5) is 0 Å². The fraction of sp³-hybridized carbons (Fsp3) is 0.500. The Morgan fingerprint density at radius 1 is 1.64 bits per heavy atom. The molecule has 0 radical (unpaired) electrons. The highest BCUT2D eigenvalue weighted by Crippen LogP contribution is 2.24. The Morgan fingerprint density at radius 3 is 3.14 bits per heavy atom. The molecule has 2 N–H and O–H groups in total. The Morgan fingerprint density at radius 2 is 2.50 bits per heavy atom. The number of rotatable bonds is 2. The van der Waals surface area contributed by atoms with Gasteiger partial charge < -0.3 is 10.4 Å². The average Bonchev–Trinajstić information content (AvgIpc) is 2.57. The Hall–Kier alpha value is -0.640. The number of aromatic nitrogens is 1. The van der Waals surface area contributed by atoms with Gasteiger partial charge in [0.2, 0.25) is 0 Å². The third-order valence-corrected chi connectivity index (χ3v) is 2.94. The van der Waals surface area contributed by atoms with Crippen LogP contribution in [0.25, 0.3) is 0 Å². The summed E-state index contributed by atoms with van der Waals surface area (Å²) in [5.41, 5.74) is 0.332. The number of halogens is 1. The van der Waals surface area contributed by atoms with E-state index in [0.29, 0.717) is 18.0 Å². The summed E-state index contributed by atoms with van der Waals surface area (Å²) in [6, 6.07) is 1.86. The van der Waals surface area contributed by atoms with E-state index in [0.717, 1.165) is 18.5 Å². The number of hydrogen-bond donors (Lipinski definition) is 2. The lowest BCUT2D eigenvalue weighted by Crippen LogP contribution is -2.33. The molecule has 0 bridgehead atoms. The van der Waals surface area contributed by atoms with Crippen molar-refractivity contribution >= 4 is 11.6 Å². The summed E-state index contributed by atoms with van der Waals surface area (Å²) >= 11 is 5.97. The number of β-amino-alcohol motifs (C(OH)–C–C–N with tert-alkyl or cyclic N) is 1. The number of nitrogens with zero attached hydrogens (tertiary/aromatic N) is 1. The van der Waals surface area contributed by atoms with Crippen molar-refractivity contribution in [2.24, 2.45) is 0 Å². The molecule has 1 atom stereocenters. The van der Waals surface area contributed by atoms with E-state index in [1.807, 2.05) is 6.07 Å². The first-order valence-corrected chi connectivity index (χ1v) is 5.09. The van der Waals surface area contributed by atoms with Gasteiger partial charge in [0.05, 0.1) is 10.6 Å². The SMILES string of the molecule is OC1(Cc2ccncc2Cl)CCNC1. The second kappa shape index (κ2) is 3.85. The molecular formula is C10H13ClN2O. The molecule has 0 amide bonds. The van der Waals surface area contributed by atoms with E-state index in [2.05, 4.69) is 10.3 Å². The summed E-state index contributed by atoms with van der Waals surface area (Å²) in [4.78, 5) is 3.91. The molecule has 2 heterocycles. The van der Waals surface area contributed by atoms with E-state index < -0.39 is 5.60 Å². The molecule has 1 unspecified atom stereocenters. The van der Waals surface area contributed by atoms with Crippen molar-refractivity contribution in [2.75, 3.05) is 13.1 Å². The molecule has 0 saturated carbocycles. The van der Waals surface area contributed by atoms with Crippen LogP contribution in [0.5, 0.6) is 0 Å². The normalized spacial score (nSPS) is 26.7. The summed E-state index contributed by atoms with van der Waals surface area (Å²) < 4.78 is 0. The van der Waals surface area contributed by atoms with Gasteiger partial charge in [-0.25, -0.2) is 0 Å². The lowest BCUT2D eigenvalue weighted by molar-refractivity contribution is 0.0619. The lowest BCUT2D eigenvalue weighted by atomic mass is 9.94. The molecule has 0 aliphatic carbocycles. The number of hydrogen-bond acceptors (Lipinski definition) is 3. The predicted molar refractivity (Wildman–Crippen MR) is 55.4 cm³/mol. The Kier molecular flexibility index (Phi) is 2.72. The molecule has 0 aromatic carbocycles. The minimum absolute atomic E-state index is 0.599. The third kappa shape index (κ3) is 2.05. The van der Waals surface area contributed by atoms with Gasteiger partial charge >= 0.3 is 0 Å². The van der Waals surface area contributed by atoms with Crippen molar-refractivity contribution in [3.05, 3.63) is 29.0 Å². The summed E-state index contributed by atoms with van der Waals surface area (Å²) in [7, 11) is 0. The van der Waals surface area contributed by atoms with Crippen LogP contribution in [0.2, 0.25) is 5.02 Å². The van der Waals surface area contributed by atoms with E-state index in [4.69, 9.17) is 11.6 Å². The van der Waals surface area contributed by atoms with Crippen molar-refractivity contribution in [3.63, 3.8) is 0 Å². The average molecular weight is 213 g/mol. The predicted octanol–water partition coefficient (Wildman–Crippen LogP) is 1.00. The van der Waals surface area contributed by atoms with E-state index in [9.17, 15) is 5.11 Å². The highest BCUT2D eigenvalue weighted by Gasteiger charge is 2.31. The summed E-state index contributed by atoms with van der Waals surface area (Å²) in [6.07, 6.45) is 4.70. The highest BCUT2D eigenvalue weighted by molar-refractivity contribution is 6.31. The van der Waals surface area contributed by atoms with E-state index in [1.54, 1.807) is 12.4 Å². The zero-order chi connectivity index (χ0) is 10.0. The molecule has 1 aromatic rings. The molecule has 1 saturated heterocycles. The third-order valence-electron chi connectivity index (χ3n) is 2.60. The van der Waals surface area contributed by atoms with Gasteiger partial charge in [0, 0.05) is 25.4 Å². The Balaban J connectivity index is 2.14. The largest absolute Gasteiger partial charge is 0.388 e. The molecule has 1 aromatic heterocycles. The quantitative estimate of drug-likeness (QED) is 0.769. The first kappa shape index (κ1) is 9.90. The highest BCUT2D eigenvalue weighted by atomic mass is 35.5. The van der Waals surface area contributed by atoms with Crippen molar-refractivity contribution in [2.45, 2.75) is 18.4 Å². The molecule has 1 aliphatic heterocycles. The van der Waals surface area contributed by atoms with Crippen LogP contribution in [0.3, 0.4) is 0 Å². The molecular weight excluding hydrogens is 200 g/mol. The van der Waals surface area contributed by atoms with Gasteiger partial charge in [-0.2, -0.15) is 0 Å². The molecule has 1 aliphatic rings. The van der Waals surface area contributed by atoms with Crippen LogP contribution in [-0.4, -0.2) is 28.8 Å². The fourth-order valence-electron chi connectivity index (χ4n) is 1.78. The molecule has 14 heavy (non-hydrogen) atoms. The topological polar surface area (TPSA) is 45.2 Å². The van der Waals surface area contributed by atoms with Gasteiger partial charge in [0.15, 0.2) is 0 Å². The van der Waals surface area contributed by atoms with Gasteiger partial charge in [-0.1, -0.05) is 11.6 Å². The molecule has 76 valence electrons. The molecule has 4 heteroatoms. The van der Waals surface area contributed by atoms with E-state index in [-0.39, 0.29) is 0 Å². The first-order chi connectivity index (χ1) is 6.70. The first-order valence-electron chi connectivity index (χ1n) is 4.71.